The lowest BCUT2D eigenvalue weighted by molar-refractivity contribution is 0.469. The maximum absolute atomic E-state index is 12.2. The predicted molar refractivity (Wildman–Crippen MR) is 71.9 cm³/mol. The molecule has 98 valence electrons. The van der Waals surface area contributed by atoms with Crippen LogP contribution in [0.4, 0.5) is 0 Å². The van der Waals surface area contributed by atoms with Crippen LogP contribution in [-0.4, -0.2) is 26.8 Å². The van der Waals surface area contributed by atoms with Crippen LogP contribution in [0.3, 0.4) is 0 Å². The van der Waals surface area contributed by atoms with Gasteiger partial charge in [0.1, 0.15) is 5.52 Å². The fourth-order valence-electron chi connectivity index (χ4n) is 2.04. The molecule has 0 aliphatic rings. The fraction of sp³-hybridized carbons (Fsp3) is 0.538. The normalized spacial score (nSPS) is 13.1. The highest BCUT2D eigenvalue weighted by Crippen LogP contribution is 2.00. The molecule has 1 N–H and O–H groups in total. The van der Waals surface area contributed by atoms with E-state index < -0.39 is 0 Å². The predicted octanol–water partition coefficient (Wildman–Crippen LogP) is 1.19. The van der Waals surface area contributed by atoms with Crippen molar-refractivity contribution in [2.75, 3.05) is 6.54 Å². The lowest BCUT2D eigenvalue weighted by atomic mass is 10.3. The van der Waals surface area contributed by atoms with E-state index in [0.29, 0.717) is 12.1 Å². The molecular weight excluding hydrogens is 228 g/mol. The van der Waals surface area contributed by atoms with Crippen LogP contribution in [-0.2, 0) is 6.54 Å². The SMILES string of the molecule is CCCNC(C)Cn1ccn2nc(C)cc2c1=O. The van der Waals surface area contributed by atoms with Crippen LogP contribution in [0.1, 0.15) is 26.0 Å². The summed E-state index contributed by atoms with van der Waals surface area (Å²) in [6, 6.07) is 2.11. The highest BCUT2D eigenvalue weighted by Gasteiger charge is 2.07. The number of rotatable bonds is 5. The van der Waals surface area contributed by atoms with Gasteiger partial charge in [-0.15, -0.1) is 0 Å². The monoisotopic (exact) mass is 248 g/mol. The first kappa shape index (κ1) is 12.8. The Kier molecular flexibility index (Phi) is 3.81. The van der Waals surface area contributed by atoms with Gasteiger partial charge in [-0.2, -0.15) is 5.10 Å². The Morgan fingerprint density at radius 2 is 2.22 bits per heavy atom. The summed E-state index contributed by atoms with van der Waals surface area (Å²) in [5.74, 6) is 0. The summed E-state index contributed by atoms with van der Waals surface area (Å²) in [5.41, 5.74) is 1.52. The molecule has 0 fully saturated rings. The van der Waals surface area contributed by atoms with Crippen LogP contribution in [0, 0.1) is 6.92 Å². The Bertz CT molecular complexity index is 584. The third kappa shape index (κ3) is 2.61. The van der Waals surface area contributed by atoms with Crippen LogP contribution >= 0.6 is 0 Å². The highest BCUT2D eigenvalue weighted by molar-refractivity contribution is 5.44. The molecule has 5 heteroatoms. The minimum Gasteiger partial charge on any atom is -0.312 e. The second-order valence-corrected chi connectivity index (χ2v) is 4.73. The molecule has 2 rings (SSSR count). The minimum atomic E-state index is 0.0169. The van der Waals surface area contributed by atoms with E-state index >= 15 is 0 Å². The zero-order valence-corrected chi connectivity index (χ0v) is 11.2. The molecule has 2 heterocycles. The van der Waals surface area contributed by atoms with E-state index in [0.717, 1.165) is 18.7 Å². The van der Waals surface area contributed by atoms with E-state index in [9.17, 15) is 4.79 Å². The second-order valence-electron chi connectivity index (χ2n) is 4.73. The number of fused-ring (bicyclic) bond motifs is 1. The lowest BCUT2D eigenvalue weighted by Crippen LogP contribution is -2.35. The average Bonchev–Trinajstić information content (AvgIpc) is 2.72. The van der Waals surface area contributed by atoms with E-state index in [2.05, 4.69) is 24.3 Å². The molecular formula is C13H20N4O. The van der Waals surface area contributed by atoms with Crippen LogP contribution in [0.15, 0.2) is 23.3 Å². The Morgan fingerprint density at radius 3 is 2.94 bits per heavy atom. The molecule has 0 aromatic carbocycles. The summed E-state index contributed by atoms with van der Waals surface area (Å²) in [5, 5.41) is 7.61. The van der Waals surface area contributed by atoms with Crippen molar-refractivity contribution in [3.63, 3.8) is 0 Å². The van der Waals surface area contributed by atoms with Crippen molar-refractivity contribution >= 4 is 5.52 Å². The smallest absolute Gasteiger partial charge is 0.276 e. The van der Waals surface area contributed by atoms with Crippen molar-refractivity contribution in [1.82, 2.24) is 19.5 Å². The number of nitrogens with one attached hydrogen (secondary N) is 1. The third-order valence-electron chi connectivity index (χ3n) is 2.94. The van der Waals surface area contributed by atoms with Crippen LogP contribution in [0.2, 0.25) is 0 Å². The molecule has 0 amide bonds. The molecule has 0 saturated carbocycles. The van der Waals surface area contributed by atoms with Crippen LogP contribution < -0.4 is 10.9 Å². The van der Waals surface area contributed by atoms with Crippen LogP contribution in [0.25, 0.3) is 5.52 Å². The van der Waals surface area contributed by atoms with Gasteiger partial charge in [0.15, 0.2) is 0 Å². The first-order valence-corrected chi connectivity index (χ1v) is 6.40. The quantitative estimate of drug-likeness (QED) is 0.865. The van der Waals surface area contributed by atoms with Crippen molar-refractivity contribution in [1.29, 1.82) is 0 Å². The number of hydrogen-bond acceptors (Lipinski definition) is 3. The molecule has 0 aliphatic heterocycles. The van der Waals surface area contributed by atoms with Crippen molar-refractivity contribution < 1.29 is 0 Å². The van der Waals surface area contributed by atoms with Gasteiger partial charge in [-0.05, 0) is 32.9 Å². The molecule has 1 unspecified atom stereocenters. The van der Waals surface area contributed by atoms with Gasteiger partial charge in [-0.1, -0.05) is 6.92 Å². The molecule has 0 saturated heterocycles. The largest absolute Gasteiger partial charge is 0.312 e. The molecule has 1 atom stereocenters. The first-order chi connectivity index (χ1) is 8.61. The van der Waals surface area contributed by atoms with E-state index in [1.54, 1.807) is 15.3 Å². The molecule has 0 spiro atoms. The summed E-state index contributed by atoms with van der Waals surface area (Å²) in [4.78, 5) is 12.2. The Hall–Kier alpha value is -1.62. The lowest BCUT2D eigenvalue weighted by Gasteiger charge is -2.14. The number of aromatic nitrogens is 3. The summed E-state index contributed by atoms with van der Waals surface area (Å²) in [6.45, 7) is 7.77. The van der Waals surface area contributed by atoms with Crippen molar-refractivity contribution in [2.24, 2.45) is 0 Å². The summed E-state index contributed by atoms with van der Waals surface area (Å²) in [6.07, 6.45) is 4.72. The second kappa shape index (κ2) is 5.35. The topological polar surface area (TPSA) is 51.3 Å². The fourth-order valence-corrected chi connectivity index (χ4v) is 2.04. The van der Waals surface area contributed by atoms with Crippen LogP contribution in [0.5, 0.6) is 0 Å². The molecule has 18 heavy (non-hydrogen) atoms. The maximum Gasteiger partial charge on any atom is 0.276 e. The van der Waals surface area contributed by atoms with E-state index in [1.165, 1.54) is 0 Å². The van der Waals surface area contributed by atoms with Crippen molar-refractivity contribution in [3.05, 3.63) is 34.5 Å². The van der Waals surface area contributed by atoms with Gasteiger partial charge in [0.25, 0.3) is 5.56 Å². The first-order valence-electron chi connectivity index (χ1n) is 6.40. The number of aryl methyl sites for hydroxylation is 1. The standard InChI is InChI=1S/C13H20N4O/c1-4-5-14-11(3)9-16-6-7-17-12(13(16)18)8-10(2)15-17/h6-8,11,14H,4-5,9H2,1-3H3. The number of hydrogen-bond donors (Lipinski definition) is 1. The van der Waals surface area contributed by atoms with Gasteiger partial charge < -0.3 is 9.88 Å². The molecule has 2 aromatic heterocycles. The van der Waals surface area contributed by atoms with Crippen molar-refractivity contribution in [2.45, 2.75) is 39.8 Å². The molecule has 2 aromatic rings. The molecule has 0 radical (unpaired) electrons. The van der Waals surface area contributed by atoms with E-state index in [1.807, 2.05) is 19.2 Å². The van der Waals surface area contributed by atoms with Gasteiger partial charge in [0, 0.05) is 25.0 Å². The van der Waals surface area contributed by atoms with Gasteiger partial charge in [-0.3, -0.25) is 4.79 Å². The Morgan fingerprint density at radius 1 is 1.44 bits per heavy atom. The summed E-state index contributed by atoms with van der Waals surface area (Å²) >= 11 is 0. The van der Waals surface area contributed by atoms with Gasteiger partial charge in [-0.25, -0.2) is 4.52 Å². The van der Waals surface area contributed by atoms with Gasteiger partial charge in [0.05, 0.1) is 5.69 Å². The average molecular weight is 248 g/mol. The van der Waals surface area contributed by atoms with Gasteiger partial charge >= 0.3 is 0 Å². The maximum atomic E-state index is 12.2. The Labute approximate surface area is 106 Å². The highest BCUT2D eigenvalue weighted by atomic mass is 16.1. The molecule has 5 nitrogen and oxygen atoms in total. The molecule has 0 aliphatic carbocycles. The minimum absolute atomic E-state index is 0.0169. The Balaban J connectivity index is 2.23. The summed E-state index contributed by atoms with van der Waals surface area (Å²) < 4.78 is 3.38. The summed E-state index contributed by atoms with van der Waals surface area (Å²) in [7, 11) is 0. The third-order valence-corrected chi connectivity index (χ3v) is 2.94. The zero-order valence-electron chi connectivity index (χ0n) is 11.2. The number of nitrogens with zero attached hydrogens (tertiary/aromatic N) is 3. The van der Waals surface area contributed by atoms with Crippen molar-refractivity contribution in [3.8, 4) is 0 Å². The van der Waals surface area contributed by atoms with Gasteiger partial charge in [0.2, 0.25) is 0 Å². The molecule has 0 bridgehead atoms. The zero-order chi connectivity index (χ0) is 13.1. The van der Waals surface area contributed by atoms with E-state index in [-0.39, 0.29) is 11.6 Å². The van der Waals surface area contributed by atoms with E-state index in [4.69, 9.17) is 0 Å².